The van der Waals surface area contributed by atoms with E-state index in [9.17, 15) is 0 Å². The maximum Gasteiger partial charge on any atom is 0.193 e. The van der Waals surface area contributed by atoms with Gasteiger partial charge in [0.25, 0.3) is 0 Å². The smallest absolute Gasteiger partial charge is 0.193 e. The van der Waals surface area contributed by atoms with Gasteiger partial charge in [0.05, 0.1) is 13.7 Å². The third kappa shape index (κ3) is 4.63. The van der Waals surface area contributed by atoms with Gasteiger partial charge in [0.1, 0.15) is 11.6 Å². The number of hydrogen-bond donors (Lipinski definition) is 2. The SMILES string of the molecule is COc1cccc(NC(N)=NCc2cccc(Cn3ccnc3C)c2)c1. The first-order valence-electron chi connectivity index (χ1n) is 8.40. The second-order valence-corrected chi connectivity index (χ2v) is 5.98. The molecule has 3 rings (SSSR count). The van der Waals surface area contributed by atoms with Crippen LogP contribution < -0.4 is 15.8 Å². The third-order valence-corrected chi connectivity index (χ3v) is 4.04. The molecular formula is C20H23N5O. The van der Waals surface area contributed by atoms with Crippen molar-refractivity contribution in [3.63, 3.8) is 0 Å². The molecule has 0 aliphatic heterocycles. The number of nitrogens with two attached hydrogens (primary N) is 1. The van der Waals surface area contributed by atoms with Crippen LogP contribution in [0.2, 0.25) is 0 Å². The first-order valence-corrected chi connectivity index (χ1v) is 8.40. The van der Waals surface area contributed by atoms with Crippen LogP contribution in [0.1, 0.15) is 17.0 Å². The van der Waals surface area contributed by atoms with Gasteiger partial charge in [-0.05, 0) is 30.2 Å². The van der Waals surface area contributed by atoms with Crippen LogP contribution in [0, 0.1) is 6.92 Å². The normalized spacial score (nSPS) is 11.4. The Morgan fingerprint density at radius 2 is 2.00 bits per heavy atom. The molecule has 1 aromatic heterocycles. The lowest BCUT2D eigenvalue weighted by Crippen LogP contribution is -2.22. The number of aromatic nitrogens is 2. The monoisotopic (exact) mass is 349 g/mol. The predicted molar refractivity (Wildman–Crippen MR) is 104 cm³/mol. The molecule has 6 heteroatoms. The highest BCUT2D eigenvalue weighted by Gasteiger charge is 2.01. The molecule has 134 valence electrons. The summed E-state index contributed by atoms with van der Waals surface area (Å²) < 4.78 is 7.32. The average Bonchev–Trinajstić information content (AvgIpc) is 3.05. The summed E-state index contributed by atoms with van der Waals surface area (Å²) in [6.07, 6.45) is 3.80. The summed E-state index contributed by atoms with van der Waals surface area (Å²) in [5, 5.41) is 3.08. The number of guanidine groups is 1. The summed E-state index contributed by atoms with van der Waals surface area (Å²) in [5.74, 6) is 2.14. The zero-order valence-electron chi connectivity index (χ0n) is 15.0. The van der Waals surface area contributed by atoms with Gasteiger partial charge in [-0.15, -0.1) is 0 Å². The molecule has 0 aliphatic rings. The van der Waals surface area contributed by atoms with Crippen LogP contribution >= 0.6 is 0 Å². The molecule has 3 N–H and O–H groups in total. The van der Waals surface area contributed by atoms with E-state index in [-0.39, 0.29) is 0 Å². The number of nitrogens with zero attached hydrogens (tertiary/aromatic N) is 3. The van der Waals surface area contributed by atoms with Gasteiger partial charge in [0, 0.05) is 30.7 Å². The molecule has 1 heterocycles. The van der Waals surface area contributed by atoms with Gasteiger partial charge in [-0.2, -0.15) is 0 Å². The van der Waals surface area contributed by atoms with Crippen LogP contribution in [0.4, 0.5) is 5.69 Å². The first kappa shape index (κ1) is 17.5. The summed E-state index contributed by atoms with van der Waals surface area (Å²) in [4.78, 5) is 8.68. The molecule has 0 bridgehead atoms. The molecule has 0 saturated carbocycles. The van der Waals surface area contributed by atoms with Crippen LogP contribution in [-0.2, 0) is 13.1 Å². The molecular weight excluding hydrogens is 326 g/mol. The van der Waals surface area contributed by atoms with E-state index in [0.717, 1.165) is 29.4 Å². The number of rotatable bonds is 6. The maximum atomic E-state index is 6.00. The molecule has 6 nitrogen and oxygen atoms in total. The molecule has 0 radical (unpaired) electrons. The lowest BCUT2D eigenvalue weighted by molar-refractivity contribution is 0.415. The number of aryl methyl sites for hydroxylation is 1. The van der Waals surface area contributed by atoms with E-state index in [1.807, 2.05) is 55.7 Å². The van der Waals surface area contributed by atoms with Gasteiger partial charge in [0.2, 0.25) is 0 Å². The Balaban J connectivity index is 1.63. The predicted octanol–water partition coefficient (Wildman–Crippen LogP) is 3.18. The topological polar surface area (TPSA) is 77.5 Å². The summed E-state index contributed by atoms with van der Waals surface area (Å²) in [7, 11) is 1.63. The van der Waals surface area contributed by atoms with Gasteiger partial charge in [-0.25, -0.2) is 9.98 Å². The van der Waals surface area contributed by atoms with E-state index in [0.29, 0.717) is 12.5 Å². The van der Waals surface area contributed by atoms with Gasteiger partial charge < -0.3 is 20.4 Å². The van der Waals surface area contributed by atoms with Gasteiger partial charge in [0.15, 0.2) is 5.96 Å². The van der Waals surface area contributed by atoms with Crippen molar-refractivity contribution in [3.8, 4) is 5.75 Å². The molecule has 0 aliphatic carbocycles. The van der Waals surface area contributed by atoms with E-state index >= 15 is 0 Å². The fourth-order valence-corrected chi connectivity index (χ4v) is 2.66. The van der Waals surface area contributed by atoms with Crippen LogP contribution in [0.3, 0.4) is 0 Å². The fourth-order valence-electron chi connectivity index (χ4n) is 2.66. The molecule has 0 saturated heterocycles. The van der Waals surface area contributed by atoms with Crippen LogP contribution in [-0.4, -0.2) is 22.6 Å². The number of methoxy groups -OCH3 is 1. The number of ether oxygens (including phenoxy) is 1. The Kier molecular flexibility index (Phi) is 5.53. The number of nitrogens with one attached hydrogen (secondary N) is 1. The molecule has 0 atom stereocenters. The van der Waals surface area contributed by atoms with Crippen molar-refractivity contribution in [1.29, 1.82) is 0 Å². The van der Waals surface area contributed by atoms with E-state index < -0.39 is 0 Å². The number of imidazole rings is 1. The summed E-state index contributed by atoms with van der Waals surface area (Å²) >= 11 is 0. The molecule has 26 heavy (non-hydrogen) atoms. The Morgan fingerprint density at radius 1 is 1.19 bits per heavy atom. The van der Waals surface area contributed by atoms with Crippen LogP contribution in [0.5, 0.6) is 5.75 Å². The second kappa shape index (κ2) is 8.20. The Labute approximate surface area is 153 Å². The summed E-state index contributed by atoms with van der Waals surface area (Å²) in [6, 6.07) is 15.9. The zero-order chi connectivity index (χ0) is 18.4. The number of benzene rings is 2. The number of hydrogen-bond acceptors (Lipinski definition) is 3. The van der Waals surface area contributed by atoms with Crippen molar-refractivity contribution in [2.24, 2.45) is 10.7 Å². The molecule has 0 unspecified atom stereocenters. The average molecular weight is 349 g/mol. The first-order chi connectivity index (χ1) is 12.6. The highest BCUT2D eigenvalue weighted by molar-refractivity contribution is 5.92. The molecule has 0 amide bonds. The Bertz CT molecular complexity index is 900. The number of anilines is 1. The van der Waals surface area contributed by atoms with Crippen molar-refractivity contribution < 1.29 is 4.74 Å². The fraction of sp³-hybridized carbons (Fsp3) is 0.200. The summed E-state index contributed by atoms with van der Waals surface area (Å²) in [6.45, 7) is 3.31. The van der Waals surface area contributed by atoms with Crippen molar-refractivity contribution in [2.75, 3.05) is 12.4 Å². The van der Waals surface area contributed by atoms with Crippen LogP contribution in [0.15, 0.2) is 65.9 Å². The van der Waals surface area contributed by atoms with Crippen molar-refractivity contribution in [3.05, 3.63) is 77.9 Å². The number of aliphatic imine (C=N–C) groups is 1. The van der Waals surface area contributed by atoms with E-state index in [1.165, 1.54) is 5.56 Å². The third-order valence-electron chi connectivity index (χ3n) is 4.04. The van der Waals surface area contributed by atoms with Crippen molar-refractivity contribution in [2.45, 2.75) is 20.0 Å². The minimum Gasteiger partial charge on any atom is -0.497 e. The zero-order valence-corrected chi connectivity index (χ0v) is 15.0. The lowest BCUT2D eigenvalue weighted by atomic mass is 10.1. The van der Waals surface area contributed by atoms with Gasteiger partial charge >= 0.3 is 0 Å². The van der Waals surface area contributed by atoms with E-state index in [4.69, 9.17) is 10.5 Å². The van der Waals surface area contributed by atoms with Crippen LogP contribution in [0.25, 0.3) is 0 Å². The molecule has 0 fully saturated rings. The van der Waals surface area contributed by atoms with Crippen molar-refractivity contribution in [1.82, 2.24) is 9.55 Å². The summed E-state index contributed by atoms with van der Waals surface area (Å²) in [5.41, 5.74) is 9.15. The highest BCUT2D eigenvalue weighted by atomic mass is 16.5. The minimum absolute atomic E-state index is 0.370. The minimum atomic E-state index is 0.370. The van der Waals surface area contributed by atoms with E-state index in [1.54, 1.807) is 7.11 Å². The Morgan fingerprint density at radius 3 is 2.77 bits per heavy atom. The van der Waals surface area contributed by atoms with Gasteiger partial charge in [-0.3, -0.25) is 0 Å². The largest absolute Gasteiger partial charge is 0.497 e. The standard InChI is InChI=1S/C20H23N5O/c1-15-22-9-10-25(15)14-17-6-3-5-16(11-17)13-23-20(21)24-18-7-4-8-19(12-18)26-2/h3-12H,13-14H2,1-2H3,(H3,21,23,24). The Hall–Kier alpha value is -3.28. The van der Waals surface area contributed by atoms with E-state index in [2.05, 4.69) is 32.0 Å². The van der Waals surface area contributed by atoms with Crippen molar-refractivity contribution >= 4 is 11.6 Å². The molecule has 0 spiro atoms. The maximum absolute atomic E-state index is 6.00. The van der Waals surface area contributed by atoms with Gasteiger partial charge in [-0.1, -0.05) is 30.3 Å². The second-order valence-electron chi connectivity index (χ2n) is 5.98. The molecule has 3 aromatic rings. The lowest BCUT2D eigenvalue weighted by Gasteiger charge is -2.08. The highest BCUT2D eigenvalue weighted by Crippen LogP contribution is 2.16. The quantitative estimate of drug-likeness (QED) is 0.529. The molecule has 2 aromatic carbocycles.